The van der Waals surface area contributed by atoms with E-state index in [1.165, 1.54) is 18.2 Å². The second-order valence-corrected chi connectivity index (χ2v) is 5.10. The number of amides is 1. The zero-order chi connectivity index (χ0) is 14.0. The average molecular weight is 320 g/mol. The number of carbonyl (C=O) groups excluding carboxylic acids is 1. The molecule has 1 amide bonds. The van der Waals surface area contributed by atoms with Crippen molar-refractivity contribution in [1.29, 1.82) is 0 Å². The Kier molecular flexibility index (Phi) is 5.74. The Labute approximate surface area is 127 Å². The summed E-state index contributed by atoms with van der Waals surface area (Å²) in [4.78, 5) is 22.0. The van der Waals surface area contributed by atoms with E-state index in [9.17, 15) is 14.9 Å². The van der Waals surface area contributed by atoms with Gasteiger partial charge in [0.05, 0.1) is 4.92 Å². The van der Waals surface area contributed by atoms with Gasteiger partial charge >= 0.3 is 0 Å². The van der Waals surface area contributed by atoms with Crippen LogP contribution < -0.4 is 11.1 Å². The van der Waals surface area contributed by atoms with Gasteiger partial charge in [-0.15, -0.1) is 12.4 Å². The molecule has 1 aliphatic rings. The second-order valence-electron chi connectivity index (χ2n) is 4.67. The van der Waals surface area contributed by atoms with Crippen molar-refractivity contribution in [2.24, 2.45) is 11.7 Å². The smallest absolute Gasteiger partial charge is 0.271 e. The van der Waals surface area contributed by atoms with E-state index in [1.54, 1.807) is 0 Å². The molecular formula is C12H15Cl2N3O3. The van der Waals surface area contributed by atoms with Crippen LogP contribution in [0.1, 0.15) is 23.2 Å². The van der Waals surface area contributed by atoms with Crippen molar-refractivity contribution >= 4 is 35.6 Å². The summed E-state index contributed by atoms with van der Waals surface area (Å²) in [7, 11) is 0. The highest BCUT2D eigenvalue weighted by Gasteiger charge is 2.28. The minimum atomic E-state index is -0.585. The third-order valence-corrected chi connectivity index (χ3v) is 3.30. The normalized spacial score (nSPS) is 15.1. The maximum atomic E-state index is 11.9. The van der Waals surface area contributed by atoms with E-state index in [4.69, 9.17) is 17.3 Å². The summed E-state index contributed by atoms with van der Waals surface area (Å²) in [6.07, 6.45) is 2.19. The Morgan fingerprint density at radius 1 is 1.50 bits per heavy atom. The van der Waals surface area contributed by atoms with Crippen LogP contribution >= 0.6 is 24.0 Å². The lowest BCUT2D eigenvalue weighted by molar-refractivity contribution is -0.384. The van der Waals surface area contributed by atoms with Gasteiger partial charge in [0, 0.05) is 35.3 Å². The van der Waals surface area contributed by atoms with Crippen LogP contribution in [0.15, 0.2) is 18.2 Å². The standard InChI is InChI=1S/C12H14ClN3O3.ClH/c13-9-3-8(4-10(5-9)16(18)19)12(17)15-6-11(14)7-1-2-7;/h3-5,7,11H,1-2,6,14H2,(H,15,17);1H. The van der Waals surface area contributed by atoms with Crippen LogP contribution in [0.5, 0.6) is 0 Å². The number of non-ortho nitro benzene ring substituents is 1. The number of nitrogens with one attached hydrogen (secondary N) is 1. The largest absolute Gasteiger partial charge is 0.350 e. The van der Waals surface area contributed by atoms with E-state index < -0.39 is 10.8 Å². The summed E-state index contributed by atoms with van der Waals surface area (Å²) in [6.45, 7) is 0.365. The SMILES string of the molecule is Cl.NC(CNC(=O)c1cc(Cl)cc([N+](=O)[O-])c1)C1CC1. The molecule has 0 radical (unpaired) electrons. The molecule has 0 saturated heterocycles. The third kappa shape index (κ3) is 4.33. The molecule has 1 aromatic rings. The Morgan fingerprint density at radius 3 is 2.70 bits per heavy atom. The van der Waals surface area contributed by atoms with Crippen molar-refractivity contribution in [2.75, 3.05) is 6.54 Å². The Morgan fingerprint density at radius 2 is 2.15 bits per heavy atom. The first kappa shape index (κ1) is 16.7. The highest BCUT2D eigenvalue weighted by molar-refractivity contribution is 6.31. The van der Waals surface area contributed by atoms with Crippen LogP contribution in [0, 0.1) is 16.0 Å². The maximum absolute atomic E-state index is 11.9. The molecular weight excluding hydrogens is 305 g/mol. The molecule has 0 aromatic heterocycles. The first-order chi connectivity index (χ1) is 8.97. The molecule has 6 nitrogen and oxygen atoms in total. The lowest BCUT2D eigenvalue weighted by atomic mass is 10.1. The number of carbonyl (C=O) groups is 1. The number of halogens is 2. The lowest BCUT2D eigenvalue weighted by Crippen LogP contribution is -2.38. The van der Waals surface area contributed by atoms with Gasteiger partial charge in [-0.3, -0.25) is 14.9 Å². The minimum absolute atomic E-state index is 0. The summed E-state index contributed by atoms with van der Waals surface area (Å²) >= 11 is 5.75. The Balaban J connectivity index is 0.00000200. The molecule has 0 bridgehead atoms. The Hall–Kier alpha value is -1.37. The monoisotopic (exact) mass is 319 g/mol. The van der Waals surface area contributed by atoms with Crippen LogP contribution in [0.3, 0.4) is 0 Å². The molecule has 0 spiro atoms. The molecule has 20 heavy (non-hydrogen) atoms. The van der Waals surface area contributed by atoms with Gasteiger partial charge in [0.1, 0.15) is 0 Å². The highest BCUT2D eigenvalue weighted by atomic mass is 35.5. The molecule has 2 rings (SSSR count). The van der Waals surface area contributed by atoms with Gasteiger partial charge in [0.2, 0.25) is 0 Å². The fourth-order valence-corrected chi connectivity index (χ4v) is 2.04. The zero-order valence-corrected chi connectivity index (χ0v) is 12.1. The molecule has 8 heteroatoms. The minimum Gasteiger partial charge on any atom is -0.350 e. The Bertz CT molecular complexity index is 521. The fraction of sp³-hybridized carbons (Fsp3) is 0.417. The summed E-state index contributed by atoms with van der Waals surface area (Å²) in [5.41, 5.74) is 5.83. The van der Waals surface area contributed by atoms with Crippen LogP contribution in [0.4, 0.5) is 5.69 Å². The number of hydrogen-bond acceptors (Lipinski definition) is 4. The van der Waals surface area contributed by atoms with Crippen LogP contribution in [0.25, 0.3) is 0 Å². The highest BCUT2D eigenvalue weighted by Crippen LogP contribution is 2.31. The number of nitro benzene ring substituents is 1. The molecule has 0 heterocycles. The van der Waals surface area contributed by atoms with E-state index in [2.05, 4.69) is 5.32 Å². The first-order valence-electron chi connectivity index (χ1n) is 5.96. The van der Waals surface area contributed by atoms with Gasteiger partial charge in [-0.05, 0) is 24.8 Å². The topological polar surface area (TPSA) is 98.3 Å². The van der Waals surface area contributed by atoms with E-state index in [-0.39, 0.29) is 34.7 Å². The van der Waals surface area contributed by atoms with Crippen molar-refractivity contribution in [3.63, 3.8) is 0 Å². The molecule has 3 N–H and O–H groups in total. The number of nitro groups is 1. The van der Waals surface area contributed by atoms with Gasteiger partial charge in [-0.2, -0.15) is 0 Å². The fourth-order valence-electron chi connectivity index (χ4n) is 1.81. The van der Waals surface area contributed by atoms with E-state index in [0.717, 1.165) is 12.8 Å². The van der Waals surface area contributed by atoms with E-state index in [0.29, 0.717) is 12.5 Å². The number of nitrogens with zero attached hydrogens (tertiary/aromatic N) is 1. The van der Waals surface area contributed by atoms with Crippen molar-refractivity contribution in [3.05, 3.63) is 38.9 Å². The summed E-state index contributed by atoms with van der Waals surface area (Å²) in [6, 6.07) is 3.74. The molecule has 0 aliphatic heterocycles. The van der Waals surface area contributed by atoms with Crippen molar-refractivity contribution < 1.29 is 9.72 Å². The molecule has 1 aliphatic carbocycles. The molecule has 1 unspecified atom stereocenters. The summed E-state index contributed by atoms with van der Waals surface area (Å²) < 4.78 is 0. The van der Waals surface area contributed by atoms with Gasteiger partial charge in [0.15, 0.2) is 0 Å². The lowest BCUT2D eigenvalue weighted by Gasteiger charge is -2.11. The molecule has 1 fully saturated rings. The average Bonchev–Trinajstić information content (AvgIpc) is 3.18. The summed E-state index contributed by atoms with van der Waals surface area (Å²) in [5, 5.41) is 13.5. The quantitative estimate of drug-likeness (QED) is 0.641. The number of benzene rings is 1. The van der Waals surface area contributed by atoms with E-state index >= 15 is 0 Å². The van der Waals surface area contributed by atoms with Crippen molar-refractivity contribution in [1.82, 2.24) is 5.32 Å². The summed E-state index contributed by atoms with van der Waals surface area (Å²) in [5.74, 6) is 0.0793. The predicted molar refractivity (Wildman–Crippen MR) is 78.4 cm³/mol. The van der Waals surface area contributed by atoms with Gasteiger partial charge in [-0.1, -0.05) is 11.6 Å². The molecule has 1 atom stereocenters. The van der Waals surface area contributed by atoms with Gasteiger partial charge < -0.3 is 11.1 Å². The molecule has 1 saturated carbocycles. The van der Waals surface area contributed by atoms with Gasteiger partial charge in [-0.25, -0.2) is 0 Å². The first-order valence-corrected chi connectivity index (χ1v) is 6.34. The number of rotatable bonds is 5. The van der Waals surface area contributed by atoms with Crippen molar-refractivity contribution in [2.45, 2.75) is 18.9 Å². The molecule has 1 aromatic carbocycles. The van der Waals surface area contributed by atoms with E-state index in [1.807, 2.05) is 0 Å². The van der Waals surface area contributed by atoms with Crippen molar-refractivity contribution in [3.8, 4) is 0 Å². The number of nitrogens with two attached hydrogens (primary N) is 1. The predicted octanol–water partition coefficient (Wildman–Crippen LogP) is 2.14. The third-order valence-electron chi connectivity index (χ3n) is 3.08. The maximum Gasteiger partial charge on any atom is 0.271 e. The van der Waals surface area contributed by atoms with Crippen LogP contribution in [0.2, 0.25) is 5.02 Å². The second kappa shape index (κ2) is 6.88. The van der Waals surface area contributed by atoms with Crippen LogP contribution in [-0.2, 0) is 0 Å². The molecule has 110 valence electrons. The van der Waals surface area contributed by atoms with Gasteiger partial charge in [0.25, 0.3) is 11.6 Å². The zero-order valence-electron chi connectivity index (χ0n) is 10.5. The number of hydrogen-bond donors (Lipinski definition) is 2. The van der Waals surface area contributed by atoms with Crippen LogP contribution in [-0.4, -0.2) is 23.4 Å².